The van der Waals surface area contributed by atoms with E-state index in [4.69, 9.17) is 4.74 Å². The summed E-state index contributed by atoms with van der Waals surface area (Å²) in [6.45, 7) is 0.716. The summed E-state index contributed by atoms with van der Waals surface area (Å²) in [6.07, 6.45) is 0. The van der Waals surface area contributed by atoms with Crippen LogP contribution in [-0.4, -0.2) is 18.8 Å². The molecule has 0 saturated carbocycles. The van der Waals surface area contributed by atoms with Gasteiger partial charge in [0, 0.05) is 16.8 Å². The number of hydrogen-bond donors (Lipinski definition) is 2. The van der Waals surface area contributed by atoms with E-state index in [0.29, 0.717) is 16.9 Å². The van der Waals surface area contributed by atoms with Crippen molar-refractivity contribution in [3.63, 3.8) is 0 Å². The molecule has 0 aliphatic carbocycles. The number of aryl methyl sites for hydroxylation is 1. The first-order valence-electron chi connectivity index (χ1n) is 7.54. The molecule has 130 valence electrons. The summed E-state index contributed by atoms with van der Waals surface area (Å²) in [7, 11) is 1.53. The van der Waals surface area contributed by atoms with E-state index in [1.807, 2.05) is 19.9 Å². The van der Waals surface area contributed by atoms with Crippen molar-refractivity contribution in [1.29, 1.82) is 0 Å². The molecule has 2 aromatic carbocycles. The summed E-state index contributed by atoms with van der Waals surface area (Å²) >= 11 is 0. The number of rotatable bonds is 7. The van der Waals surface area contributed by atoms with E-state index < -0.39 is 6.61 Å². The van der Waals surface area contributed by atoms with Crippen molar-refractivity contribution in [2.24, 2.45) is 0 Å². The highest BCUT2D eigenvalue weighted by molar-refractivity contribution is 5.53. The van der Waals surface area contributed by atoms with Crippen LogP contribution in [0.3, 0.4) is 0 Å². The number of hydrogen-bond acceptors (Lipinski definition) is 4. The van der Waals surface area contributed by atoms with Gasteiger partial charge < -0.3 is 19.9 Å². The number of alkyl halides is 2. The van der Waals surface area contributed by atoms with Crippen LogP contribution in [0, 0.1) is 6.92 Å². The lowest BCUT2D eigenvalue weighted by molar-refractivity contribution is -0.0505. The predicted molar refractivity (Wildman–Crippen MR) is 88.8 cm³/mol. The number of methoxy groups -OCH3 is 1. The third-order valence-corrected chi connectivity index (χ3v) is 3.68. The monoisotopic (exact) mass is 337 g/mol. The van der Waals surface area contributed by atoms with Crippen molar-refractivity contribution in [2.75, 3.05) is 12.4 Å². The van der Waals surface area contributed by atoms with Crippen LogP contribution in [0.15, 0.2) is 36.4 Å². The van der Waals surface area contributed by atoms with E-state index in [1.165, 1.54) is 7.11 Å². The lowest BCUT2D eigenvalue weighted by Gasteiger charge is -2.20. The van der Waals surface area contributed by atoms with Crippen molar-refractivity contribution in [3.05, 3.63) is 53.1 Å². The minimum atomic E-state index is -2.87. The molecule has 0 fully saturated rings. The van der Waals surface area contributed by atoms with Gasteiger partial charge in [-0.2, -0.15) is 8.78 Å². The Morgan fingerprint density at radius 2 is 1.83 bits per heavy atom. The van der Waals surface area contributed by atoms with Crippen LogP contribution in [0.2, 0.25) is 0 Å². The molecule has 0 aliphatic heterocycles. The highest BCUT2D eigenvalue weighted by atomic mass is 19.3. The van der Waals surface area contributed by atoms with Gasteiger partial charge in [-0.1, -0.05) is 17.7 Å². The topological polar surface area (TPSA) is 50.7 Å². The maximum atomic E-state index is 12.6. The van der Waals surface area contributed by atoms with Crippen LogP contribution in [0.25, 0.3) is 0 Å². The molecule has 2 N–H and O–H groups in total. The summed E-state index contributed by atoms with van der Waals surface area (Å²) in [6, 6.07) is 10.1. The molecule has 6 heteroatoms. The minimum Gasteiger partial charge on any atom is -0.496 e. The van der Waals surface area contributed by atoms with E-state index in [2.05, 4.69) is 10.1 Å². The summed E-state index contributed by atoms with van der Waals surface area (Å²) in [5.74, 6) is 0.736. The van der Waals surface area contributed by atoms with Gasteiger partial charge in [0.25, 0.3) is 0 Å². The first-order valence-corrected chi connectivity index (χ1v) is 7.54. The summed E-state index contributed by atoms with van der Waals surface area (Å²) < 4.78 is 35.0. The Bertz CT molecular complexity index is 692. The average molecular weight is 337 g/mol. The van der Waals surface area contributed by atoms with E-state index in [0.717, 1.165) is 11.3 Å². The lowest BCUT2D eigenvalue weighted by atomic mass is 10.0. The molecule has 2 rings (SSSR count). The van der Waals surface area contributed by atoms with Crippen LogP contribution < -0.4 is 14.8 Å². The lowest BCUT2D eigenvalue weighted by Crippen LogP contribution is -2.11. The Balaban J connectivity index is 2.26. The van der Waals surface area contributed by atoms with Crippen LogP contribution >= 0.6 is 0 Å². The molecular formula is C18H21F2NO3. The van der Waals surface area contributed by atoms with Gasteiger partial charge in [-0.05, 0) is 38.1 Å². The molecule has 0 spiro atoms. The van der Waals surface area contributed by atoms with Gasteiger partial charge in [-0.3, -0.25) is 0 Å². The molecule has 2 aromatic rings. The van der Waals surface area contributed by atoms with Crippen LogP contribution in [0.4, 0.5) is 14.5 Å². The molecule has 0 amide bonds. The standard InChI is InChI=1S/C18H21F2NO3/c1-11-4-6-17(24-18(19)20)15(8-11)12(2)21-14-5-7-16(23-3)13(9-14)10-22/h4-9,12,18,21-22H,10H2,1-3H3. The van der Waals surface area contributed by atoms with Crippen LogP contribution in [-0.2, 0) is 6.61 Å². The Hall–Kier alpha value is -2.34. The van der Waals surface area contributed by atoms with Gasteiger partial charge in [0.1, 0.15) is 11.5 Å². The largest absolute Gasteiger partial charge is 0.496 e. The van der Waals surface area contributed by atoms with E-state index in [-0.39, 0.29) is 18.4 Å². The molecular weight excluding hydrogens is 316 g/mol. The first-order chi connectivity index (χ1) is 11.4. The molecule has 0 bridgehead atoms. The van der Waals surface area contributed by atoms with E-state index in [1.54, 1.807) is 30.3 Å². The highest BCUT2D eigenvalue weighted by Crippen LogP contribution is 2.31. The zero-order valence-corrected chi connectivity index (χ0v) is 13.8. The number of aliphatic hydroxyl groups is 1. The fourth-order valence-electron chi connectivity index (χ4n) is 2.53. The van der Waals surface area contributed by atoms with Gasteiger partial charge in [-0.15, -0.1) is 0 Å². The zero-order valence-electron chi connectivity index (χ0n) is 13.8. The maximum absolute atomic E-state index is 12.6. The van der Waals surface area contributed by atoms with Crippen LogP contribution in [0.1, 0.15) is 29.7 Å². The zero-order chi connectivity index (χ0) is 17.7. The second kappa shape index (κ2) is 7.97. The number of anilines is 1. The highest BCUT2D eigenvalue weighted by Gasteiger charge is 2.16. The number of ether oxygens (including phenoxy) is 2. The number of aliphatic hydroxyl groups excluding tert-OH is 1. The van der Waals surface area contributed by atoms with Crippen molar-refractivity contribution >= 4 is 5.69 Å². The Labute approximate surface area is 140 Å². The third kappa shape index (κ3) is 4.35. The fraction of sp³-hybridized carbons (Fsp3) is 0.333. The SMILES string of the molecule is COc1ccc(NC(C)c2cc(C)ccc2OC(F)F)cc1CO. The summed E-state index contributed by atoms with van der Waals surface area (Å²) in [5, 5.41) is 12.6. The molecule has 0 aliphatic rings. The molecule has 24 heavy (non-hydrogen) atoms. The molecule has 4 nitrogen and oxygen atoms in total. The van der Waals surface area contributed by atoms with E-state index in [9.17, 15) is 13.9 Å². The summed E-state index contributed by atoms with van der Waals surface area (Å²) in [4.78, 5) is 0. The normalized spacial score (nSPS) is 12.1. The molecule has 1 unspecified atom stereocenters. The van der Waals surface area contributed by atoms with Gasteiger partial charge in [0.2, 0.25) is 0 Å². The molecule has 0 radical (unpaired) electrons. The first kappa shape index (κ1) is 18.0. The Morgan fingerprint density at radius 1 is 1.12 bits per heavy atom. The summed E-state index contributed by atoms with van der Waals surface area (Å²) in [5.41, 5.74) is 2.97. The predicted octanol–water partition coefficient (Wildman–Crippen LogP) is 4.27. The van der Waals surface area contributed by atoms with Crippen molar-refractivity contribution in [2.45, 2.75) is 33.1 Å². The molecule has 0 aromatic heterocycles. The molecule has 0 heterocycles. The van der Waals surface area contributed by atoms with Gasteiger partial charge in [0.15, 0.2) is 0 Å². The number of nitrogens with one attached hydrogen (secondary N) is 1. The minimum absolute atomic E-state index is 0.145. The number of halogens is 2. The Kier molecular flexibility index (Phi) is 5.98. The molecule has 0 saturated heterocycles. The fourth-order valence-corrected chi connectivity index (χ4v) is 2.53. The quantitative estimate of drug-likeness (QED) is 0.792. The second-order valence-corrected chi connectivity index (χ2v) is 5.47. The van der Waals surface area contributed by atoms with Gasteiger partial charge in [-0.25, -0.2) is 0 Å². The Morgan fingerprint density at radius 3 is 2.46 bits per heavy atom. The van der Waals surface area contributed by atoms with Crippen molar-refractivity contribution in [3.8, 4) is 11.5 Å². The third-order valence-electron chi connectivity index (χ3n) is 3.68. The molecule has 1 atom stereocenters. The second-order valence-electron chi connectivity index (χ2n) is 5.47. The smallest absolute Gasteiger partial charge is 0.387 e. The van der Waals surface area contributed by atoms with Gasteiger partial charge in [0.05, 0.1) is 19.8 Å². The average Bonchev–Trinajstić information content (AvgIpc) is 2.55. The number of benzene rings is 2. The van der Waals surface area contributed by atoms with Crippen molar-refractivity contribution in [1.82, 2.24) is 0 Å². The maximum Gasteiger partial charge on any atom is 0.387 e. The van der Waals surface area contributed by atoms with Gasteiger partial charge >= 0.3 is 6.61 Å². The van der Waals surface area contributed by atoms with E-state index >= 15 is 0 Å². The van der Waals surface area contributed by atoms with Crippen LogP contribution in [0.5, 0.6) is 11.5 Å². The van der Waals surface area contributed by atoms with Crippen molar-refractivity contribution < 1.29 is 23.4 Å².